The summed E-state index contributed by atoms with van der Waals surface area (Å²) in [7, 11) is 0. The van der Waals surface area contributed by atoms with Crippen molar-refractivity contribution in [1.29, 1.82) is 5.26 Å². The normalized spacial score (nSPS) is 21.7. The molecule has 1 aliphatic rings. The molecule has 0 saturated carbocycles. The van der Waals surface area contributed by atoms with E-state index in [4.69, 9.17) is 5.26 Å². The molecule has 1 aromatic carbocycles. The lowest BCUT2D eigenvalue weighted by Gasteiger charge is -2.27. The number of aliphatic hydroxyl groups is 1. The van der Waals surface area contributed by atoms with Crippen molar-refractivity contribution in [3.63, 3.8) is 0 Å². The van der Waals surface area contributed by atoms with E-state index in [9.17, 15) is 18.7 Å². The second-order valence-corrected chi connectivity index (χ2v) is 6.30. The Morgan fingerprint density at radius 1 is 1.45 bits per heavy atom. The second-order valence-electron chi connectivity index (χ2n) is 6.30. The third-order valence-corrected chi connectivity index (χ3v) is 3.82. The lowest BCUT2D eigenvalue weighted by atomic mass is 9.90. The first-order valence-electron chi connectivity index (χ1n) is 7.07. The standard InChI is InChI=1S/C16H18F2N2O2/c1-16(2,9-19)7-15(22)20-8-11(21)6-14(20)10-3-4-12(17)13(18)5-10/h3-5,11,14,21H,6-8H2,1-2H3/t11-,14-/m0/s1. The van der Waals surface area contributed by atoms with Gasteiger partial charge in [0.25, 0.3) is 0 Å². The maximum Gasteiger partial charge on any atom is 0.224 e. The molecule has 0 bridgehead atoms. The topological polar surface area (TPSA) is 64.3 Å². The first-order chi connectivity index (χ1) is 10.2. The molecular weight excluding hydrogens is 290 g/mol. The van der Waals surface area contributed by atoms with Gasteiger partial charge in [0.2, 0.25) is 5.91 Å². The third kappa shape index (κ3) is 3.42. The number of carbonyl (C=O) groups excluding carboxylic acids is 1. The Kier molecular flexibility index (Phi) is 4.47. The summed E-state index contributed by atoms with van der Waals surface area (Å²) in [6.07, 6.45) is -0.438. The molecule has 118 valence electrons. The fraction of sp³-hybridized carbons (Fsp3) is 0.500. The lowest BCUT2D eigenvalue weighted by molar-refractivity contribution is -0.133. The van der Waals surface area contributed by atoms with Crippen molar-refractivity contribution >= 4 is 5.91 Å². The SMILES string of the molecule is CC(C)(C#N)CC(=O)N1C[C@@H](O)C[C@H]1c1ccc(F)c(F)c1. The Morgan fingerprint density at radius 2 is 2.14 bits per heavy atom. The smallest absolute Gasteiger partial charge is 0.224 e. The van der Waals surface area contributed by atoms with Gasteiger partial charge in [0.05, 0.1) is 23.6 Å². The summed E-state index contributed by atoms with van der Waals surface area (Å²) >= 11 is 0. The van der Waals surface area contributed by atoms with Crippen molar-refractivity contribution in [3.05, 3.63) is 35.4 Å². The van der Waals surface area contributed by atoms with E-state index < -0.39 is 29.2 Å². The molecule has 0 aromatic heterocycles. The van der Waals surface area contributed by atoms with Crippen LogP contribution in [0.15, 0.2) is 18.2 Å². The van der Waals surface area contributed by atoms with E-state index in [2.05, 4.69) is 6.07 Å². The van der Waals surface area contributed by atoms with E-state index in [0.717, 1.165) is 12.1 Å². The average Bonchev–Trinajstić information content (AvgIpc) is 2.83. The number of benzene rings is 1. The molecule has 0 spiro atoms. The van der Waals surface area contributed by atoms with Crippen LogP contribution in [0.3, 0.4) is 0 Å². The van der Waals surface area contributed by atoms with Gasteiger partial charge >= 0.3 is 0 Å². The van der Waals surface area contributed by atoms with Gasteiger partial charge in [-0.15, -0.1) is 0 Å². The predicted octanol–water partition coefficient (Wildman–Crippen LogP) is 2.54. The summed E-state index contributed by atoms with van der Waals surface area (Å²) in [5, 5.41) is 18.9. The Hall–Kier alpha value is -2.00. The largest absolute Gasteiger partial charge is 0.391 e. The number of rotatable bonds is 3. The first-order valence-corrected chi connectivity index (χ1v) is 7.07. The minimum Gasteiger partial charge on any atom is -0.391 e. The molecule has 0 aliphatic carbocycles. The molecule has 1 saturated heterocycles. The molecular formula is C16H18F2N2O2. The van der Waals surface area contributed by atoms with Crippen LogP contribution >= 0.6 is 0 Å². The zero-order valence-electron chi connectivity index (χ0n) is 12.5. The van der Waals surface area contributed by atoms with Crippen molar-refractivity contribution in [1.82, 2.24) is 4.90 Å². The van der Waals surface area contributed by atoms with Gasteiger partial charge in [0.15, 0.2) is 11.6 Å². The van der Waals surface area contributed by atoms with E-state index in [1.54, 1.807) is 13.8 Å². The van der Waals surface area contributed by atoms with Crippen LogP contribution in [-0.2, 0) is 4.79 Å². The van der Waals surface area contributed by atoms with Gasteiger partial charge < -0.3 is 10.0 Å². The highest BCUT2D eigenvalue weighted by Crippen LogP contribution is 2.34. The van der Waals surface area contributed by atoms with Crippen LogP contribution in [-0.4, -0.2) is 28.6 Å². The van der Waals surface area contributed by atoms with Gasteiger partial charge in [0, 0.05) is 13.0 Å². The Morgan fingerprint density at radius 3 is 2.73 bits per heavy atom. The molecule has 0 radical (unpaired) electrons. The molecule has 0 unspecified atom stereocenters. The molecule has 1 amide bonds. The fourth-order valence-electron chi connectivity index (χ4n) is 2.64. The number of halogens is 2. The lowest BCUT2D eigenvalue weighted by Crippen LogP contribution is -2.34. The maximum atomic E-state index is 13.4. The number of aliphatic hydroxyl groups excluding tert-OH is 1. The van der Waals surface area contributed by atoms with E-state index in [1.807, 2.05) is 0 Å². The van der Waals surface area contributed by atoms with E-state index in [0.29, 0.717) is 5.56 Å². The molecule has 1 aromatic rings. The van der Waals surface area contributed by atoms with Gasteiger partial charge in [0.1, 0.15) is 0 Å². The Balaban J connectivity index is 2.24. The van der Waals surface area contributed by atoms with Gasteiger partial charge in [-0.05, 0) is 38.0 Å². The minimum atomic E-state index is -0.983. The van der Waals surface area contributed by atoms with Crippen molar-refractivity contribution in [3.8, 4) is 6.07 Å². The summed E-state index contributed by atoms with van der Waals surface area (Å²) in [5.41, 5.74) is -0.373. The number of carbonyl (C=O) groups is 1. The number of nitriles is 1. The third-order valence-electron chi connectivity index (χ3n) is 3.82. The van der Waals surface area contributed by atoms with Crippen LogP contribution in [0.1, 0.15) is 38.3 Å². The number of amides is 1. The molecule has 1 aliphatic heterocycles. The summed E-state index contributed by atoms with van der Waals surface area (Å²) in [6, 6.07) is 5.03. The van der Waals surface area contributed by atoms with Gasteiger partial charge in [-0.2, -0.15) is 5.26 Å². The number of hydrogen-bond acceptors (Lipinski definition) is 3. The van der Waals surface area contributed by atoms with E-state index >= 15 is 0 Å². The van der Waals surface area contributed by atoms with Crippen molar-refractivity contribution in [2.24, 2.45) is 5.41 Å². The highest BCUT2D eigenvalue weighted by Gasteiger charge is 2.37. The highest BCUT2D eigenvalue weighted by molar-refractivity contribution is 5.78. The van der Waals surface area contributed by atoms with Crippen LogP contribution in [0.4, 0.5) is 8.78 Å². The monoisotopic (exact) mass is 308 g/mol. The van der Waals surface area contributed by atoms with E-state index in [-0.39, 0.29) is 25.3 Å². The van der Waals surface area contributed by atoms with Crippen molar-refractivity contribution in [2.45, 2.75) is 38.8 Å². The molecule has 1 N–H and O–H groups in total. The van der Waals surface area contributed by atoms with Crippen molar-refractivity contribution in [2.75, 3.05) is 6.54 Å². The van der Waals surface area contributed by atoms with Crippen LogP contribution < -0.4 is 0 Å². The van der Waals surface area contributed by atoms with Crippen LogP contribution in [0.5, 0.6) is 0 Å². The average molecular weight is 308 g/mol. The molecule has 6 heteroatoms. The van der Waals surface area contributed by atoms with Gasteiger partial charge in [-0.3, -0.25) is 4.79 Å². The minimum absolute atomic E-state index is 0.0103. The van der Waals surface area contributed by atoms with Crippen LogP contribution in [0, 0.1) is 28.4 Å². The molecule has 4 nitrogen and oxygen atoms in total. The zero-order chi connectivity index (χ0) is 16.5. The Labute approximate surface area is 128 Å². The number of likely N-dealkylation sites (tertiary alicyclic amines) is 1. The summed E-state index contributed by atoms with van der Waals surface area (Å²) < 4.78 is 26.4. The number of nitrogens with zero attached hydrogens (tertiary/aromatic N) is 2. The second kappa shape index (κ2) is 6.01. The molecule has 22 heavy (non-hydrogen) atoms. The number of hydrogen-bond donors (Lipinski definition) is 1. The van der Waals surface area contributed by atoms with Gasteiger partial charge in [-0.25, -0.2) is 8.78 Å². The van der Waals surface area contributed by atoms with Crippen LogP contribution in [0.2, 0.25) is 0 Å². The quantitative estimate of drug-likeness (QED) is 0.933. The molecule has 1 heterocycles. The van der Waals surface area contributed by atoms with Crippen LogP contribution in [0.25, 0.3) is 0 Å². The molecule has 2 rings (SSSR count). The first kappa shape index (κ1) is 16.4. The molecule has 2 atom stereocenters. The highest BCUT2D eigenvalue weighted by atomic mass is 19.2. The summed E-state index contributed by atoms with van der Waals surface area (Å²) in [4.78, 5) is 13.8. The Bertz CT molecular complexity index is 625. The predicted molar refractivity (Wildman–Crippen MR) is 75.4 cm³/mol. The van der Waals surface area contributed by atoms with Gasteiger partial charge in [-0.1, -0.05) is 6.07 Å². The summed E-state index contributed by atoms with van der Waals surface area (Å²) in [5.74, 6) is -2.22. The van der Waals surface area contributed by atoms with E-state index in [1.165, 1.54) is 11.0 Å². The fourth-order valence-corrected chi connectivity index (χ4v) is 2.64. The summed E-state index contributed by atoms with van der Waals surface area (Å²) in [6.45, 7) is 3.44. The number of β-amino-alcohol motifs (C(OH)–C–C–N with tert-alkyl or cyclic N) is 1. The van der Waals surface area contributed by atoms with Crippen molar-refractivity contribution < 1.29 is 18.7 Å². The zero-order valence-corrected chi connectivity index (χ0v) is 12.5. The maximum absolute atomic E-state index is 13.4. The molecule has 1 fully saturated rings.